The quantitative estimate of drug-likeness (QED) is 0.790. The molecule has 0 spiro atoms. The van der Waals surface area contributed by atoms with Gasteiger partial charge in [-0.3, -0.25) is 0 Å². The lowest BCUT2D eigenvalue weighted by atomic mass is 10.1. The number of rotatable bonds is 2. The second-order valence-electron chi connectivity index (χ2n) is 4.67. The van der Waals surface area contributed by atoms with Gasteiger partial charge in [0.25, 0.3) is 0 Å². The van der Waals surface area contributed by atoms with E-state index in [-0.39, 0.29) is 6.42 Å². The third kappa shape index (κ3) is 2.81. The molecule has 3 rings (SSSR count). The lowest BCUT2D eigenvalue weighted by Gasteiger charge is -2.07. The molecular weight excluding hydrogens is 281 g/mol. The fourth-order valence-corrected chi connectivity index (χ4v) is 2.06. The summed E-state index contributed by atoms with van der Waals surface area (Å²) < 4.78 is 39.5. The Morgan fingerprint density at radius 2 is 1.95 bits per heavy atom. The highest BCUT2D eigenvalue weighted by Gasteiger charge is 2.30. The van der Waals surface area contributed by atoms with Crippen molar-refractivity contribution in [3.05, 3.63) is 59.5 Å². The minimum atomic E-state index is -4.35. The Morgan fingerprint density at radius 3 is 2.71 bits per heavy atom. The SMILES string of the molecule is Nc1ccn2nc(Cc3cccc(C(F)(F)F)c3)nc2c1. The largest absolute Gasteiger partial charge is 0.416 e. The van der Waals surface area contributed by atoms with E-state index in [4.69, 9.17) is 5.73 Å². The monoisotopic (exact) mass is 292 g/mol. The van der Waals surface area contributed by atoms with Crippen molar-refractivity contribution >= 4 is 11.3 Å². The van der Waals surface area contributed by atoms with E-state index >= 15 is 0 Å². The van der Waals surface area contributed by atoms with Gasteiger partial charge in [-0.1, -0.05) is 18.2 Å². The van der Waals surface area contributed by atoms with Crippen LogP contribution in [0.25, 0.3) is 5.65 Å². The van der Waals surface area contributed by atoms with Crippen molar-refractivity contribution in [3.8, 4) is 0 Å². The van der Waals surface area contributed by atoms with Crippen LogP contribution in [0.2, 0.25) is 0 Å². The highest BCUT2D eigenvalue weighted by Crippen LogP contribution is 2.29. The minimum Gasteiger partial charge on any atom is -0.399 e. The minimum absolute atomic E-state index is 0.228. The summed E-state index contributed by atoms with van der Waals surface area (Å²) in [4.78, 5) is 4.25. The first-order valence-electron chi connectivity index (χ1n) is 6.19. The molecule has 4 nitrogen and oxygen atoms in total. The van der Waals surface area contributed by atoms with Gasteiger partial charge >= 0.3 is 6.18 Å². The van der Waals surface area contributed by atoms with Gasteiger partial charge in [0.05, 0.1) is 5.56 Å². The summed E-state index contributed by atoms with van der Waals surface area (Å²) in [7, 11) is 0. The summed E-state index contributed by atoms with van der Waals surface area (Å²) in [6.07, 6.45) is -2.46. The highest BCUT2D eigenvalue weighted by molar-refractivity contribution is 5.50. The molecule has 21 heavy (non-hydrogen) atoms. The maximum Gasteiger partial charge on any atom is 0.416 e. The third-order valence-electron chi connectivity index (χ3n) is 3.02. The molecule has 0 amide bonds. The van der Waals surface area contributed by atoms with Crippen LogP contribution in [0.4, 0.5) is 18.9 Å². The molecule has 0 aliphatic rings. The molecule has 0 saturated carbocycles. The van der Waals surface area contributed by atoms with E-state index in [1.807, 2.05) is 0 Å². The molecule has 0 fully saturated rings. The molecule has 2 heterocycles. The van der Waals surface area contributed by atoms with E-state index in [0.29, 0.717) is 22.7 Å². The van der Waals surface area contributed by atoms with Crippen molar-refractivity contribution < 1.29 is 13.2 Å². The van der Waals surface area contributed by atoms with Crippen molar-refractivity contribution in [3.63, 3.8) is 0 Å². The first-order chi connectivity index (χ1) is 9.91. The summed E-state index contributed by atoms with van der Waals surface area (Å²) >= 11 is 0. The van der Waals surface area contributed by atoms with Crippen LogP contribution in [0.15, 0.2) is 42.6 Å². The molecule has 108 valence electrons. The summed E-state index contributed by atoms with van der Waals surface area (Å²) in [6.45, 7) is 0. The standard InChI is InChI=1S/C14H11F3N4/c15-14(16,17)10-3-1-2-9(6-10)7-12-19-13-8-11(18)4-5-21(13)20-12/h1-6,8H,7,18H2. The summed E-state index contributed by atoms with van der Waals surface area (Å²) in [5.41, 5.74) is 6.60. The second-order valence-corrected chi connectivity index (χ2v) is 4.67. The van der Waals surface area contributed by atoms with E-state index in [0.717, 1.165) is 12.1 Å². The molecule has 0 aliphatic carbocycles. The number of fused-ring (bicyclic) bond motifs is 1. The number of aromatic nitrogens is 3. The first-order valence-corrected chi connectivity index (χ1v) is 6.19. The number of halogens is 3. The van der Waals surface area contributed by atoms with Gasteiger partial charge in [-0.15, -0.1) is 0 Å². The van der Waals surface area contributed by atoms with Crippen molar-refractivity contribution in [2.24, 2.45) is 0 Å². The van der Waals surface area contributed by atoms with Gasteiger partial charge in [-0.05, 0) is 17.7 Å². The van der Waals surface area contributed by atoms with Crippen molar-refractivity contribution in [1.29, 1.82) is 0 Å². The lowest BCUT2D eigenvalue weighted by molar-refractivity contribution is -0.137. The summed E-state index contributed by atoms with van der Waals surface area (Å²) in [5, 5.41) is 4.21. The molecule has 0 aliphatic heterocycles. The lowest BCUT2D eigenvalue weighted by Crippen LogP contribution is -2.05. The molecule has 0 bridgehead atoms. The average molecular weight is 292 g/mol. The predicted molar refractivity (Wildman–Crippen MR) is 71.6 cm³/mol. The molecule has 1 aromatic carbocycles. The zero-order valence-electron chi connectivity index (χ0n) is 10.8. The van der Waals surface area contributed by atoms with Gasteiger partial charge in [0, 0.05) is 24.4 Å². The maximum atomic E-state index is 12.7. The first kappa shape index (κ1) is 13.4. The molecular formula is C14H11F3N4. The Bertz CT molecular complexity index is 792. The number of alkyl halides is 3. The number of benzene rings is 1. The van der Waals surface area contributed by atoms with Crippen LogP contribution in [0.1, 0.15) is 17.0 Å². The molecule has 0 atom stereocenters. The zero-order chi connectivity index (χ0) is 15.0. The number of nitrogens with two attached hydrogens (primary N) is 1. The van der Waals surface area contributed by atoms with Crippen molar-refractivity contribution in [1.82, 2.24) is 14.6 Å². The van der Waals surface area contributed by atoms with E-state index in [9.17, 15) is 13.2 Å². The molecule has 2 aromatic heterocycles. The third-order valence-corrected chi connectivity index (χ3v) is 3.02. The van der Waals surface area contributed by atoms with Crippen LogP contribution in [-0.2, 0) is 12.6 Å². The summed E-state index contributed by atoms with van der Waals surface area (Å²) in [6, 6.07) is 8.49. The molecule has 0 saturated heterocycles. The van der Waals surface area contributed by atoms with Crippen LogP contribution in [0, 0.1) is 0 Å². The van der Waals surface area contributed by atoms with E-state index in [1.54, 1.807) is 28.9 Å². The van der Waals surface area contributed by atoms with Gasteiger partial charge in [0.15, 0.2) is 11.5 Å². The topological polar surface area (TPSA) is 56.2 Å². The molecule has 0 unspecified atom stereocenters. The Labute approximate surface area is 118 Å². The second kappa shape index (κ2) is 4.76. The smallest absolute Gasteiger partial charge is 0.399 e. The Morgan fingerprint density at radius 1 is 1.14 bits per heavy atom. The number of pyridine rings is 1. The number of nitrogen functional groups attached to an aromatic ring is 1. The van der Waals surface area contributed by atoms with Gasteiger partial charge in [-0.25, -0.2) is 9.50 Å². The Kier molecular flexibility index (Phi) is 3.04. The van der Waals surface area contributed by atoms with E-state index in [2.05, 4.69) is 10.1 Å². The number of hydrogen-bond acceptors (Lipinski definition) is 3. The maximum absolute atomic E-state index is 12.7. The van der Waals surface area contributed by atoms with Gasteiger partial charge in [-0.2, -0.15) is 18.3 Å². The van der Waals surface area contributed by atoms with Crippen LogP contribution in [0.3, 0.4) is 0 Å². The highest BCUT2D eigenvalue weighted by atomic mass is 19.4. The van der Waals surface area contributed by atoms with Gasteiger partial charge in [0.2, 0.25) is 0 Å². The fourth-order valence-electron chi connectivity index (χ4n) is 2.06. The number of anilines is 1. The normalized spacial score (nSPS) is 12.0. The summed E-state index contributed by atoms with van der Waals surface area (Å²) in [5.74, 6) is 0.444. The Balaban J connectivity index is 1.91. The Hall–Kier alpha value is -2.57. The number of nitrogens with zero attached hydrogens (tertiary/aromatic N) is 3. The predicted octanol–water partition coefficient (Wildman–Crippen LogP) is 2.92. The van der Waals surface area contributed by atoms with Crippen LogP contribution >= 0.6 is 0 Å². The van der Waals surface area contributed by atoms with Crippen LogP contribution < -0.4 is 5.73 Å². The van der Waals surface area contributed by atoms with Crippen LogP contribution in [0.5, 0.6) is 0 Å². The molecule has 0 radical (unpaired) electrons. The molecule has 2 N–H and O–H groups in total. The number of hydrogen-bond donors (Lipinski definition) is 1. The molecule has 7 heteroatoms. The van der Waals surface area contributed by atoms with Crippen molar-refractivity contribution in [2.75, 3.05) is 5.73 Å². The van der Waals surface area contributed by atoms with E-state index < -0.39 is 11.7 Å². The zero-order valence-corrected chi connectivity index (χ0v) is 10.8. The molecule has 3 aromatic rings. The van der Waals surface area contributed by atoms with Gasteiger partial charge < -0.3 is 5.73 Å². The fraction of sp³-hybridized carbons (Fsp3) is 0.143. The van der Waals surface area contributed by atoms with Gasteiger partial charge in [0.1, 0.15) is 0 Å². The average Bonchev–Trinajstić information content (AvgIpc) is 2.79. The van der Waals surface area contributed by atoms with Crippen molar-refractivity contribution in [2.45, 2.75) is 12.6 Å². The van der Waals surface area contributed by atoms with Crippen LogP contribution in [-0.4, -0.2) is 14.6 Å². The van der Waals surface area contributed by atoms with E-state index in [1.165, 1.54) is 6.07 Å².